The van der Waals surface area contributed by atoms with Gasteiger partial charge < -0.3 is 9.47 Å². The van der Waals surface area contributed by atoms with Gasteiger partial charge >= 0.3 is 5.97 Å². The van der Waals surface area contributed by atoms with E-state index in [1.807, 2.05) is 26.0 Å². The van der Waals surface area contributed by atoms with Crippen molar-refractivity contribution in [3.05, 3.63) is 27.3 Å². The third-order valence-corrected chi connectivity index (χ3v) is 3.25. The van der Waals surface area contributed by atoms with Crippen molar-refractivity contribution in [2.75, 3.05) is 0 Å². The van der Waals surface area contributed by atoms with Gasteiger partial charge in [-0.05, 0) is 73.0 Å². The van der Waals surface area contributed by atoms with Crippen LogP contribution in [-0.2, 0) is 16.0 Å². The second-order valence-corrected chi connectivity index (χ2v) is 5.63. The molecule has 17 heavy (non-hydrogen) atoms. The van der Waals surface area contributed by atoms with E-state index in [0.29, 0.717) is 6.42 Å². The zero-order valence-corrected chi connectivity index (χ0v) is 12.1. The zero-order chi connectivity index (χ0) is 12.4. The maximum absolute atomic E-state index is 11.7. The van der Waals surface area contributed by atoms with E-state index in [0.717, 1.165) is 12.2 Å². The van der Waals surface area contributed by atoms with Gasteiger partial charge in [-0.1, -0.05) is 0 Å². The van der Waals surface area contributed by atoms with Crippen molar-refractivity contribution < 1.29 is 14.3 Å². The molecule has 0 aliphatic carbocycles. The third kappa shape index (κ3) is 3.12. The summed E-state index contributed by atoms with van der Waals surface area (Å²) in [5, 5.41) is 0. The summed E-state index contributed by atoms with van der Waals surface area (Å²) in [4.78, 5) is 11.7. The first-order chi connectivity index (χ1) is 8.06. The second-order valence-electron chi connectivity index (χ2n) is 4.38. The highest BCUT2D eigenvalue weighted by Gasteiger charge is 2.27. The highest BCUT2D eigenvalue weighted by atomic mass is 127. The van der Waals surface area contributed by atoms with Crippen LogP contribution in [-0.4, -0.2) is 18.2 Å². The van der Waals surface area contributed by atoms with E-state index >= 15 is 0 Å². The number of halogens is 1. The molecule has 0 fully saturated rings. The fraction of sp³-hybridized carbons (Fsp3) is 0.462. The quantitative estimate of drug-likeness (QED) is 0.610. The minimum absolute atomic E-state index is 0.0933. The summed E-state index contributed by atoms with van der Waals surface area (Å²) in [5.74, 6) is 0.548. The average Bonchev–Trinajstić information content (AvgIpc) is 2.27. The van der Waals surface area contributed by atoms with Gasteiger partial charge in [0.1, 0.15) is 5.75 Å². The molecule has 0 N–H and O–H groups in total. The topological polar surface area (TPSA) is 35.5 Å². The van der Waals surface area contributed by atoms with Crippen molar-refractivity contribution in [3.8, 4) is 5.75 Å². The van der Waals surface area contributed by atoms with Crippen molar-refractivity contribution in [2.24, 2.45) is 0 Å². The first-order valence-corrected chi connectivity index (χ1v) is 6.79. The summed E-state index contributed by atoms with van der Waals surface area (Å²) in [5.41, 5.74) is 1.17. The van der Waals surface area contributed by atoms with Crippen LogP contribution >= 0.6 is 22.6 Å². The van der Waals surface area contributed by atoms with Crippen LogP contribution in [0.2, 0.25) is 0 Å². The van der Waals surface area contributed by atoms with Crippen LogP contribution in [0.1, 0.15) is 25.8 Å². The summed E-state index contributed by atoms with van der Waals surface area (Å²) >= 11 is 2.27. The number of carbonyl (C=O) groups is 1. The second kappa shape index (κ2) is 5.25. The molecule has 1 aromatic carbocycles. The Morgan fingerprint density at radius 3 is 3.00 bits per heavy atom. The Hall–Kier alpha value is -0.780. The first kappa shape index (κ1) is 12.7. The molecule has 1 aliphatic heterocycles. The van der Waals surface area contributed by atoms with Crippen LogP contribution in [0, 0.1) is 3.57 Å². The van der Waals surface area contributed by atoms with E-state index in [9.17, 15) is 4.79 Å². The molecule has 0 radical (unpaired) electrons. The van der Waals surface area contributed by atoms with Gasteiger partial charge in [-0.25, -0.2) is 4.79 Å². The fourth-order valence-corrected chi connectivity index (χ4v) is 2.39. The smallest absolute Gasteiger partial charge is 0.347 e. The third-order valence-electron chi connectivity index (χ3n) is 2.58. The van der Waals surface area contributed by atoms with Crippen molar-refractivity contribution in [1.82, 2.24) is 0 Å². The van der Waals surface area contributed by atoms with E-state index < -0.39 is 6.10 Å². The van der Waals surface area contributed by atoms with Gasteiger partial charge in [0, 0.05) is 3.57 Å². The molecule has 0 unspecified atom stereocenters. The van der Waals surface area contributed by atoms with Crippen LogP contribution in [0.3, 0.4) is 0 Å². The highest BCUT2D eigenvalue weighted by molar-refractivity contribution is 14.1. The minimum atomic E-state index is -0.454. The largest absolute Gasteiger partial charge is 0.478 e. The molecule has 0 spiro atoms. The number of hydrogen-bond acceptors (Lipinski definition) is 3. The van der Waals surface area contributed by atoms with Crippen LogP contribution in [0.25, 0.3) is 0 Å². The molecule has 2 rings (SSSR count). The number of fused-ring (bicyclic) bond motifs is 1. The van der Waals surface area contributed by atoms with Crippen molar-refractivity contribution in [2.45, 2.75) is 38.9 Å². The van der Waals surface area contributed by atoms with Crippen LogP contribution in [0.5, 0.6) is 5.75 Å². The molecule has 3 nitrogen and oxygen atoms in total. The predicted molar refractivity (Wildman–Crippen MR) is 73.1 cm³/mol. The molecule has 0 saturated heterocycles. The Balaban J connectivity index is 2.08. The summed E-state index contributed by atoms with van der Waals surface area (Å²) in [6.45, 7) is 3.69. The molecule has 1 atom stereocenters. The number of aryl methyl sites for hydroxylation is 1. The van der Waals surface area contributed by atoms with Gasteiger partial charge in [0.25, 0.3) is 0 Å². The van der Waals surface area contributed by atoms with Gasteiger partial charge in [0.2, 0.25) is 0 Å². The molecular weight excluding hydrogens is 331 g/mol. The summed E-state index contributed by atoms with van der Waals surface area (Å²) in [6, 6.07) is 6.00. The molecule has 0 bridgehead atoms. The average molecular weight is 346 g/mol. The number of rotatable bonds is 2. The van der Waals surface area contributed by atoms with Gasteiger partial charge in [0.15, 0.2) is 6.10 Å². The molecule has 0 saturated carbocycles. The molecule has 1 aromatic rings. The Kier molecular flexibility index (Phi) is 3.91. The summed E-state index contributed by atoms with van der Waals surface area (Å²) in [7, 11) is 0. The van der Waals surface area contributed by atoms with Gasteiger partial charge in [-0.3, -0.25) is 0 Å². The Morgan fingerprint density at radius 1 is 1.53 bits per heavy atom. The Labute approximate surface area is 115 Å². The molecule has 1 heterocycles. The number of ether oxygens (including phenoxy) is 2. The van der Waals surface area contributed by atoms with Gasteiger partial charge in [-0.15, -0.1) is 0 Å². The monoisotopic (exact) mass is 346 g/mol. The van der Waals surface area contributed by atoms with Gasteiger partial charge in [-0.2, -0.15) is 0 Å². The fourth-order valence-electron chi connectivity index (χ4n) is 1.83. The Morgan fingerprint density at radius 2 is 2.29 bits per heavy atom. The van der Waals surface area contributed by atoms with E-state index in [1.165, 1.54) is 9.13 Å². The molecular formula is C13H15IO3. The summed E-state index contributed by atoms with van der Waals surface area (Å²) in [6.07, 6.45) is 1.01. The highest BCUT2D eigenvalue weighted by Crippen LogP contribution is 2.29. The number of esters is 1. The minimum Gasteiger partial charge on any atom is -0.478 e. The van der Waals surface area contributed by atoms with E-state index in [4.69, 9.17) is 9.47 Å². The number of benzene rings is 1. The standard InChI is InChI=1S/C13H15IO3/c1-8(2)16-13(15)12-5-3-9-7-10(14)4-6-11(9)17-12/h4,6-8,12H,3,5H2,1-2H3/t12-/m1/s1. The maximum atomic E-state index is 11.7. The lowest BCUT2D eigenvalue weighted by molar-refractivity contribution is -0.156. The van der Waals surface area contributed by atoms with Crippen LogP contribution < -0.4 is 4.74 Å². The molecule has 0 amide bonds. The van der Waals surface area contributed by atoms with Crippen LogP contribution in [0.4, 0.5) is 0 Å². The van der Waals surface area contributed by atoms with Crippen molar-refractivity contribution in [1.29, 1.82) is 0 Å². The summed E-state index contributed by atoms with van der Waals surface area (Å²) < 4.78 is 12.0. The molecule has 4 heteroatoms. The number of hydrogen-bond donors (Lipinski definition) is 0. The molecule has 1 aliphatic rings. The Bertz CT molecular complexity index is 429. The van der Waals surface area contributed by atoms with Crippen LogP contribution in [0.15, 0.2) is 18.2 Å². The molecule has 0 aromatic heterocycles. The number of carbonyl (C=O) groups excluding carboxylic acids is 1. The van der Waals surface area contributed by atoms with Crippen molar-refractivity contribution >= 4 is 28.6 Å². The first-order valence-electron chi connectivity index (χ1n) is 5.72. The van der Waals surface area contributed by atoms with Crippen molar-refractivity contribution in [3.63, 3.8) is 0 Å². The zero-order valence-electron chi connectivity index (χ0n) is 9.90. The lowest BCUT2D eigenvalue weighted by Gasteiger charge is -2.25. The lowest BCUT2D eigenvalue weighted by Crippen LogP contribution is -2.34. The van der Waals surface area contributed by atoms with Gasteiger partial charge in [0.05, 0.1) is 6.10 Å². The predicted octanol–water partition coefficient (Wildman–Crippen LogP) is 2.94. The molecule has 92 valence electrons. The lowest BCUT2D eigenvalue weighted by atomic mass is 10.0. The normalized spacial score (nSPS) is 18.5. The SMILES string of the molecule is CC(C)OC(=O)[C@H]1CCc2cc(I)ccc2O1. The maximum Gasteiger partial charge on any atom is 0.347 e. The van der Waals surface area contributed by atoms with E-state index in [2.05, 4.69) is 28.7 Å². The van der Waals surface area contributed by atoms with E-state index in [1.54, 1.807) is 0 Å². The van der Waals surface area contributed by atoms with E-state index in [-0.39, 0.29) is 12.1 Å².